The minimum absolute atomic E-state index is 0. The van der Waals surface area contributed by atoms with Gasteiger partial charge in [-0.1, -0.05) is 0 Å². The van der Waals surface area contributed by atoms with Gasteiger partial charge in [-0.2, -0.15) is 0 Å². The zero-order valence-electron chi connectivity index (χ0n) is 2.26. The first kappa shape index (κ1) is 154. The standard InChI is InChI=1S/BrH.3H2O.Ru/h1H;3*1H2;. The number of hydrogen-bond donors (Lipinski definition) is 0. The zero-order chi connectivity index (χ0) is 0. The monoisotopic (exact) mass is 236 g/mol. The number of hydrogen-bond acceptors (Lipinski definition) is 0. The Balaban J connectivity index is 0. The van der Waals surface area contributed by atoms with Crippen LogP contribution in [-0.4, -0.2) is 16.4 Å². The van der Waals surface area contributed by atoms with Crippen molar-refractivity contribution >= 4 is 17.0 Å². The van der Waals surface area contributed by atoms with E-state index < -0.39 is 0 Å². The third-order valence-electron chi connectivity index (χ3n) is 0. The van der Waals surface area contributed by atoms with Gasteiger partial charge in [0.2, 0.25) is 0 Å². The first-order valence-corrected chi connectivity index (χ1v) is 0. The van der Waals surface area contributed by atoms with Crippen molar-refractivity contribution in [2.24, 2.45) is 0 Å². The first-order valence-electron chi connectivity index (χ1n) is 0. The summed E-state index contributed by atoms with van der Waals surface area (Å²) in [4.78, 5) is 0. The molecule has 6 N–H and O–H groups in total. The van der Waals surface area contributed by atoms with Gasteiger partial charge in [0.1, 0.15) is 0 Å². The van der Waals surface area contributed by atoms with Gasteiger partial charge in [-0.05, 0) is 0 Å². The van der Waals surface area contributed by atoms with Crippen LogP contribution in [0.4, 0.5) is 0 Å². The molecule has 0 heterocycles. The second kappa shape index (κ2) is 81.8. The topological polar surface area (TPSA) is 94.5 Å². The van der Waals surface area contributed by atoms with E-state index in [2.05, 4.69) is 0 Å². The van der Waals surface area contributed by atoms with Gasteiger partial charge in [-0.25, -0.2) is 0 Å². The van der Waals surface area contributed by atoms with Crippen molar-refractivity contribution < 1.29 is 35.9 Å². The molecule has 0 radical (unpaired) electrons. The van der Waals surface area contributed by atoms with E-state index in [4.69, 9.17) is 0 Å². The maximum Gasteiger partial charge on any atom is 0 e. The molecule has 0 aromatic heterocycles. The van der Waals surface area contributed by atoms with E-state index >= 15 is 0 Å². The third-order valence-corrected chi connectivity index (χ3v) is 0. The fraction of sp³-hybridized carbons (Fsp3) is 0. The van der Waals surface area contributed by atoms with E-state index in [9.17, 15) is 0 Å². The molecular formula is H7BrO3Ru. The summed E-state index contributed by atoms with van der Waals surface area (Å²) < 4.78 is 0. The van der Waals surface area contributed by atoms with Gasteiger partial charge in [0.15, 0.2) is 0 Å². The molecule has 0 saturated carbocycles. The Morgan fingerprint density at radius 1 is 0.600 bits per heavy atom. The predicted molar refractivity (Wildman–Crippen MR) is 21.2 cm³/mol. The van der Waals surface area contributed by atoms with E-state index in [0.717, 1.165) is 0 Å². The van der Waals surface area contributed by atoms with Gasteiger partial charge in [0.05, 0.1) is 0 Å². The maximum atomic E-state index is 0. The molecule has 3 nitrogen and oxygen atoms in total. The molecule has 0 aliphatic heterocycles. The molecule has 0 bridgehead atoms. The van der Waals surface area contributed by atoms with Crippen LogP contribution in [0.15, 0.2) is 0 Å². The molecule has 0 fully saturated rings. The SMILES string of the molecule is Br.O.O.O.[Ru]. The molecule has 0 unspecified atom stereocenters. The second-order valence-electron chi connectivity index (χ2n) is 0. The Hall–Kier alpha value is 0.983. The summed E-state index contributed by atoms with van der Waals surface area (Å²) in [6, 6.07) is 0. The minimum Gasteiger partial charge on any atom is -0.412 e. The molecule has 0 amide bonds. The zero-order valence-corrected chi connectivity index (χ0v) is 5.71. The number of halogens is 1. The summed E-state index contributed by atoms with van der Waals surface area (Å²) >= 11 is 0. The van der Waals surface area contributed by atoms with E-state index in [-0.39, 0.29) is 52.9 Å². The molecule has 0 atom stereocenters. The first-order chi connectivity index (χ1) is 0. The Labute approximate surface area is 53.2 Å². The fourth-order valence-corrected chi connectivity index (χ4v) is 0. The van der Waals surface area contributed by atoms with Crippen LogP contribution in [0, 0.1) is 0 Å². The average Bonchev–Trinajstić information content (AvgIpc) is 0. The van der Waals surface area contributed by atoms with Crippen molar-refractivity contribution in [2.75, 3.05) is 0 Å². The van der Waals surface area contributed by atoms with Crippen LogP contribution in [0.3, 0.4) is 0 Å². The molecule has 0 rings (SSSR count). The van der Waals surface area contributed by atoms with Gasteiger partial charge in [0.25, 0.3) is 0 Å². The Morgan fingerprint density at radius 2 is 0.600 bits per heavy atom. The van der Waals surface area contributed by atoms with Gasteiger partial charge >= 0.3 is 0 Å². The molecule has 5 heteroatoms. The van der Waals surface area contributed by atoms with Crippen molar-refractivity contribution in [1.29, 1.82) is 0 Å². The van der Waals surface area contributed by atoms with E-state index in [1.165, 1.54) is 0 Å². The summed E-state index contributed by atoms with van der Waals surface area (Å²) in [7, 11) is 0. The Bertz CT molecular complexity index is 6.85. The van der Waals surface area contributed by atoms with E-state index in [1.54, 1.807) is 0 Å². The van der Waals surface area contributed by atoms with Crippen molar-refractivity contribution in [1.82, 2.24) is 0 Å². The van der Waals surface area contributed by atoms with Gasteiger partial charge in [-0.3, -0.25) is 0 Å². The van der Waals surface area contributed by atoms with Crippen LogP contribution in [0.2, 0.25) is 0 Å². The smallest absolute Gasteiger partial charge is 0 e. The van der Waals surface area contributed by atoms with Gasteiger partial charge in [0, 0.05) is 19.5 Å². The molecule has 0 aromatic rings. The average molecular weight is 236 g/mol. The quantitative estimate of drug-likeness (QED) is 0.439. The molecule has 0 saturated heterocycles. The Kier molecular flexibility index (Phi) is 2510. The predicted octanol–water partition coefficient (Wildman–Crippen LogP) is -1.90. The van der Waals surface area contributed by atoms with Crippen LogP contribution in [-0.2, 0) is 19.5 Å². The molecule has 5 heavy (non-hydrogen) atoms. The van der Waals surface area contributed by atoms with Crippen molar-refractivity contribution in [3.63, 3.8) is 0 Å². The van der Waals surface area contributed by atoms with Crippen LogP contribution >= 0.6 is 17.0 Å². The summed E-state index contributed by atoms with van der Waals surface area (Å²) in [5, 5.41) is 0. The summed E-state index contributed by atoms with van der Waals surface area (Å²) in [6.07, 6.45) is 0. The largest absolute Gasteiger partial charge is 0.412 e. The van der Waals surface area contributed by atoms with E-state index in [1.807, 2.05) is 0 Å². The van der Waals surface area contributed by atoms with Gasteiger partial charge in [-0.15, -0.1) is 17.0 Å². The molecule has 0 aromatic carbocycles. The van der Waals surface area contributed by atoms with Crippen molar-refractivity contribution in [3.05, 3.63) is 0 Å². The molecule has 40 valence electrons. The van der Waals surface area contributed by atoms with Crippen LogP contribution in [0.25, 0.3) is 0 Å². The van der Waals surface area contributed by atoms with Gasteiger partial charge < -0.3 is 16.4 Å². The fourth-order valence-electron chi connectivity index (χ4n) is 0. The normalized spacial score (nSPS) is 0. The molecular weight excluding hydrogens is 229 g/mol. The summed E-state index contributed by atoms with van der Waals surface area (Å²) in [5.41, 5.74) is 0. The van der Waals surface area contributed by atoms with Crippen LogP contribution in [0.5, 0.6) is 0 Å². The second-order valence-corrected chi connectivity index (χ2v) is 0. The summed E-state index contributed by atoms with van der Waals surface area (Å²) in [5.74, 6) is 0. The van der Waals surface area contributed by atoms with Crippen LogP contribution < -0.4 is 0 Å². The maximum absolute atomic E-state index is 0. The van der Waals surface area contributed by atoms with Crippen LogP contribution in [0.1, 0.15) is 0 Å². The summed E-state index contributed by atoms with van der Waals surface area (Å²) in [6.45, 7) is 0. The Morgan fingerprint density at radius 3 is 0.600 bits per heavy atom. The molecule has 0 aliphatic carbocycles. The molecule has 0 aliphatic rings. The minimum atomic E-state index is 0. The van der Waals surface area contributed by atoms with Crippen molar-refractivity contribution in [3.8, 4) is 0 Å². The number of rotatable bonds is 0. The third kappa shape index (κ3) is 45.9. The van der Waals surface area contributed by atoms with Crippen molar-refractivity contribution in [2.45, 2.75) is 0 Å². The molecule has 0 spiro atoms. The van der Waals surface area contributed by atoms with E-state index in [0.29, 0.717) is 0 Å².